The molecule has 24 heavy (non-hydrogen) atoms. The second kappa shape index (κ2) is 5.87. The van der Waals surface area contributed by atoms with Crippen molar-refractivity contribution in [2.45, 2.75) is 50.0 Å². The summed E-state index contributed by atoms with van der Waals surface area (Å²) >= 11 is 0. The zero-order valence-corrected chi connectivity index (χ0v) is 14.3. The zero-order valence-electron chi connectivity index (χ0n) is 14.3. The minimum Gasteiger partial charge on any atom is -0.343 e. The van der Waals surface area contributed by atoms with E-state index in [1.165, 1.54) is 18.4 Å². The first-order chi connectivity index (χ1) is 11.6. The van der Waals surface area contributed by atoms with Gasteiger partial charge in [0, 0.05) is 51.3 Å². The van der Waals surface area contributed by atoms with Crippen LogP contribution < -0.4 is 0 Å². The number of nitrogens with zero attached hydrogens (tertiary/aromatic N) is 3. The number of aromatic nitrogens is 1. The van der Waals surface area contributed by atoms with Gasteiger partial charge in [0.15, 0.2) is 0 Å². The van der Waals surface area contributed by atoms with Gasteiger partial charge >= 0.3 is 0 Å². The molecule has 3 aliphatic rings. The Hall–Kier alpha value is -1.91. The highest BCUT2D eigenvalue weighted by Crippen LogP contribution is 2.48. The van der Waals surface area contributed by atoms with E-state index in [9.17, 15) is 9.59 Å². The number of carbonyl (C=O) groups excluding carboxylic acids is 2. The van der Waals surface area contributed by atoms with Gasteiger partial charge in [0.05, 0.1) is 5.54 Å². The Balaban J connectivity index is 1.52. The summed E-state index contributed by atoms with van der Waals surface area (Å²) in [4.78, 5) is 32.9. The minimum atomic E-state index is -0.144. The third kappa shape index (κ3) is 2.60. The molecular weight excluding hydrogens is 302 g/mol. The molecule has 1 spiro atoms. The molecular formula is C19H25N3O2. The molecule has 5 nitrogen and oxygen atoms in total. The summed E-state index contributed by atoms with van der Waals surface area (Å²) in [7, 11) is 1.94. The van der Waals surface area contributed by atoms with Gasteiger partial charge in [-0.1, -0.05) is 0 Å². The molecule has 1 aromatic heterocycles. The van der Waals surface area contributed by atoms with Crippen molar-refractivity contribution in [1.29, 1.82) is 0 Å². The predicted octanol–water partition coefficient (Wildman–Crippen LogP) is 2.19. The molecule has 3 heterocycles. The van der Waals surface area contributed by atoms with Gasteiger partial charge < -0.3 is 9.80 Å². The van der Waals surface area contributed by atoms with Gasteiger partial charge in [-0.15, -0.1) is 0 Å². The highest BCUT2D eigenvalue weighted by atomic mass is 16.2. The van der Waals surface area contributed by atoms with Crippen LogP contribution in [-0.2, 0) is 9.59 Å². The number of likely N-dealkylation sites (N-methyl/N-ethyl adjacent to an activating group) is 1. The summed E-state index contributed by atoms with van der Waals surface area (Å²) in [5, 5.41) is 0. The molecule has 1 atom stereocenters. The molecule has 2 saturated heterocycles. The van der Waals surface area contributed by atoms with E-state index in [0.29, 0.717) is 18.2 Å². The van der Waals surface area contributed by atoms with E-state index in [2.05, 4.69) is 4.98 Å². The number of carbonyl (C=O) groups is 2. The van der Waals surface area contributed by atoms with E-state index in [4.69, 9.17) is 0 Å². The molecule has 0 bridgehead atoms. The quantitative estimate of drug-likeness (QED) is 0.855. The maximum atomic E-state index is 12.4. The second-order valence-corrected chi connectivity index (χ2v) is 7.62. The maximum absolute atomic E-state index is 12.4. The Bertz CT molecular complexity index is 633. The normalized spacial score (nSPS) is 26.2. The summed E-state index contributed by atoms with van der Waals surface area (Å²) in [6.45, 7) is 1.54. The van der Waals surface area contributed by atoms with E-state index in [-0.39, 0.29) is 17.4 Å². The van der Waals surface area contributed by atoms with Gasteiger partial charge in [0.25, 0.3) is 0 Å². The fraction of sp³-hybridized carbons (Fsp3) is 0.632. The van der Waals surface area contributed by atoms with Crippen molar-refractivity contribution < 1.29 is 9.59 Å². The average Bonchev–Trinajstić information content (AvgIpc) is 3.39. The summed E-state index contributed by atoms with van der Waals surface area (Å²) in [5.41, 5.74) is 1.05. The first-order valence-corrected chi connectivity index (χ1v) is 9.04. The number of rotatable bonds is 3. The van der Waals surface area contributed by atoms with Crippen LogP contribution in [0.2, 0.25) is 0 Å². The molecule has 1 saturated carbocycles. The summed E-state index contributed by atoms with van der Waals surface area (Å²) in [6, 6.07) is 4.06. The Morgan fingerprint density at radius 3 is 2.54 bits per heavy atom. The first-order valence-electron chi connectivity index (χ1n) is 9.04. The molecule has 4 rings (SSSR count). The average molecular weight is 327 g/mol. The van der Waals surface area contributed by atoms with Gasteiger partial charge in [-0.25, -0.2) is 0 Å². The van der Waals surface area contributed by atoms with Crippen LogP contribution in [-0.4, -0.2) is 52.3 Å². The van der Waals surface area contributed by atoms with Gasteiger partial charge in [0.2, 0.25) is 11.8 Å². The lowest BCUT2D eigenvalue weighted by atomic mass is 9.74. The van der Waals surface area contributed by atoms with Crippen LogP contribution >= 0.6 is 0 Å². The van der Waals surface area contributed by atoms with Crippen molar-refractivity contribution in [3.8, 4) is 0 Å². The summed E-state index contributed by atoms with van der Waals surface area (Å²) in [6.07, 6.45) is 9.07. The van der Waals surface area contributed by atoms with Crippen molar-refractivity contribution >= 4 is 11.8 Å². The molecule has 128 valence electrons. The van der Waals surface area contributed by atoms with Gasteiger partial charge in [-0.2, -0.15) is 0 Å². The van der Waals surface area contributed by atoms with Crippen LogP contribution in [0, 0.1) is 5.92 Å². The number of amides is 2. The third-order valence-corrected chi connectivity index (χ3v) is 6.32. The number of hydrogen-bond donors (Lipinski definition) is 0. The smallest absolute Gasteiger partial charge is 0.223 e. The highest BCUT2D eigenvalue weighted by Gasteiger charge is 2.53. The number of pyridine rings is 1. The molecule has 5 heteroatoms. The van der Waals surface area contributed by atoms with Gasteiger partial charge in [-0.3, -0.25) is 14.6 Å². The van der Waals surface area contributed by atoms with E-state index < -0.39 is 0 Å². The van der Waals surface area contributed by atoms with Crippen molar-refractivity contribution in [3.63, 3.8) is 0 Å². The molecule has 2 aliphatic heterocycles. The van der Waals surface area contributed by atoms with E-state index >= 15 is 0 Å². The van der Waals surface area contributed by atoms with Crippen LogP contribution in [0.5, 0.6) is 0 Å². The lowest BCUT2D eigenvalue weighted by Gasteiger charge is -2.47. The third-order valence-electron chi connectivity index (χ3n) is 6.32. The Morgan fingerprint density at radius 1 is 1.25 bits per heavy atom. The van der Waals surface area contributed by atoms with Crippen LogP contribution in [0.15, 0.2) is 24.5 Å². The number of likely N-dealkylation sites (tertiary alicyclic amines) is 2. The summed E-state index contributed by atoms with van der Waals surface area (Å²) in [5.74, 6) is 1.36. The fourth-order valence-corrected chi connectivity index (χ4v) is 4.53. The Morgan fingerprint density at radius 2 is 1.92 bits per heavy atom. The van der Waals surface area contributed by atoms with E-state index in [0.717, 1.165) is 32.4 Å². The molecule has 1 aliphatic carbocycles. The topological polar surface area (TPSA) is 53.5 Å². The van der Waals surface area contributed by atoms with Crippen molar-refractivity contribution in [3.05, 3.63) is 30.1 Å². The van der Waals surface area contributed by atoms with Crippen LogP contribution in [0.3, 0.4) is 0 Å². The minimum absolute atomic E-state index is 0.144. The molecule has 0 N–H and O–H groups in total. The largest absolute Gasteiger partial charge is 0.343 e. The van der Waals surface area contributed by atoms with Crippen molar-refractivity contribution in [1.82, 2.24) is 14.8 Å². The summed E-state index contributed by atoms with van der Waals surface area (Å²) < 4.78 is 0. The highest BCUT2D eigenvalue weighted by molar-refractivity contribution is 5.82. The molecule has 1 aromatic rings. The maximum Gasteiger partial charge on any atom is 0.223 e. The number of hydrogen-bond acceptors (Lipinski definition) is 3. The van der Waals surface area contributed by atoms with E-state index in [1.807, 2.05) is 29.0 Å². The fourth-order valence-electron chi connectivity index (χ4n) is 4.53. The van der Waals surface area contributed by atoms with Gasteiger partial charge in [-0.05, 0) is 49.3 Å². The second-order valence-electron chi connectivity index (χ2n) is 7.62. The molecule has 0 unspecified atom stereocenters. The molecule has 3 fully saturated rings. The molecule has 0 radical (unpaired) electrons. The first kappa shape index (κ1) is 15.6. The van der Waals surface area contributed by atoms with Crippen LogP contribution in [0.4, 0.5) is 0 Å². The molecule has 0 aromatic carbocycles. The van der Waals surface area contributed by atoms with Crippen molar-refractivity contribution in [2.75, 3.05) is 20.1 Å². The number of piperidine rings is 1. The monoisotopic (exact) mass is 327 g/mol. The van der Waals surface area contributed by atoms with Crippen molar-refractivity contribution in [2.24, 2.45) is 5.92 Å². The predicted molar refractivity (Wildman–Crippen MR) is 90.3 cm³/mol. The standard InChI is InChI=1S/C19H25N3O2/c1-21-17(23)13-16(15-4-8-20-9-5-15)19(21)6-10-22(11-7-19)18(24)12-14-2-3-14/h4-5,8-9,14,16H,2-3,6-7,10-13H2,1H3/t16-/m0/s1. The zero-order chi connectivity index (χ0) is 16.7. The Labute approximate surface area is 143 Å². The lowest BCUT2D eigenvalue weighted by Crippen LogP contribution is -2.55. The molecule has 2 amide bonds. The van der Waals surface area contributed by atoms with Gasteiger partial charge in [0.1, 0.15) is 0 Å². The SMILES string of the molecule is CN1C(=O)C[C@@H](c2ccncc2)C12CCN(C(=O)CC1CC1)CC2. The van der Waals surface area contributed by atoms with E-state index in [1.54, 1.807) is 12.4 Å². The van der Waals surface area contributed by atoms with Crippen LogP contribution in [0.1, 0.15) is 50.0 Å². The lowest BCUT2D eigenvalue weighted by molar-refractivity contribution is -0.136. The van der Waals surface area contributed by atoms with Crippen LogP contribution in [0.25, 0.3) is 0 Å². The Kier molecular flexibility index (Phi) is 3.82.